The molecule has 1 aliphatic rings. The first kappa shape index (κ1) is 12.4. The summed E-state index contributed by atoms with van der Waals surface area (Å²) in [5, 5.41) is 0. The lowest BCUT2D eigenvalue weighted by Crippen LogP contribution is -2.33. The zero-order chi connectivity index (χ0) is 11.5. The average molecular weight is 217 g/mol. The lowest BCUT2D eigenvalue weighted by Gasteiger charge is -2.22. The van der Waals surface area contributed by atoms with Crippen molar-refractivity contribution in [2.75, 3.05) is 20.3 Å². The second-order valence-electron chi connectivity index (χ2n) is 4.14. The fraction of sp³-hybridized carbons (Fsp3) is 0.900. The van der Waals surface area contributed by atoms with E-state index in [0.717, 1.165) is 0 Å². The molecular weight excluding hydrogens is 198 g/mol. The summed E-state index contributed by atoms with van der Waals surface area (Å²) >= 11 is 0. The van der Waals surface area contributed by atoms with Crippen molar-refractivity contribution >= 4 is 5.97 Å². The molecule has 5 heteroatoms. The van der Waals surface area contributed by atoms with E-state index in [1.54, 1.807) is 0 Å². The summed E-state index contributed by atoms with van der Waals surface area (Å²) in [7, 11) is 1.37. The van der Waals surface area contributed by atoms with Gasteiger partial charge in [0, 0.05) is 5.92 Å². The van der Waals surface area contributed by atoms with Crippen LogP contribution in [0, 0.1) is 5.92 Å². The highest BCUT2D eigenvalue weighted by Crippen LogP contribution is 2.27. The Kier molecular flexibility index (Phi) is 4.07. The van der Waals surface area contributed by atoms with Crippen molar-refractivity contribution in [3.05, 3.63) is 0 Å². The van der Waals surface area contributed by atoms with Gasteiger partial charge >= 0.3 is 5.97 Å². The normalized spacial score (nSPS) is 26.3. The molecule has 88 valence electrons. The van der Waals surface area contributed by atoms with Crippen molar-refractivity contribution in [3.63, 3.8) is 0 Å². The molecule has 2 atom stereocenters. The summed E-state index contributed by atoms with van der Waals surface area (Å²) in [4.78, 5) is 11.1. The SMILES string of the molecule is COC(=O)CC(CN)C1COC(C)(C)O1. The fourth-order valence-electron chi connectivity index (χ4n) is 1.61. The molecule has 0 aromatic rings. The first-order valence-electron chi connectivity index (χ1n) is 5.07. The first-order valence-corrected chi connectivity index (χ1v) is 5.07. The quantitative estimate of drug-likeness (QED) is 0.685. The maximum Gasteiger partial charge on any atom is 0.305 e. The molecule has 0 saturated carbocycles. The van der Waals surface area contributed by atoms with Gasteiger partial charge in [-0.2, -0.15) is 0 Å². The smallest absolute Gasteiger partial charge is 0.305 e. The van der Waals surface area contributed by atoms with Crippen LogP contribution in [0.25, 0.3) is 0 Å². The van der Waals surface area contributed by atoms with Gasteiger partial charge in [-0.3, -0.25) is 4.79 Å². The predicted octanol–water partition coefficient (Wildman–Crippen LogP) is 0.276. The van der Waals surface area contributed by atoms with E-state index in [0.29, 0.717) is 13.2 Å². The molecule has 0 aliphatic carbocycles. The summed E-state index contributed by atoms with van der Waals surface area (Å²) in [5.41, 5.74) is 5.60. The monoisotopic (exact) mass is 217 g/mol. The third-order valence-corrected chi connectivity index (χ3v) is 2.52. The molecule has 1 rings (SSSR count). The molecular formula is C10H19NO4. The van der Waals surface area contributed by atoms with Crippen molar-refractivity contribution in [2.45, 2.75) is 32.2 Å². The van der Waals surface area contributed by atoms with Crippen molar-refractivity contribution in [2.24, 2.45) is 11.7 Å². The molecule has 1 aliphatic heterocycles. The molecule has 2 N–H and O–H groups in total. The molecule has 0 aromatic heterocycles. The maximum atomic E-state index is 11.1. The van der Waals surface area contributed by atoms with Crippen LogP contribution >= 0.6 is 0 Å². The third-order valence-electron chi connectivity index (χ3n) is 2.52. The number of nitrogens with two attached hydrogens (primary N) is 1. The summed E-state index contributed by atoms with van der Waals surface area (Å²) in [6.07, 6.45) is 0.154. The van der Waals surface area contributed by atoms with Gasteiger partial charge in [-0.05, 0) is 20.4 Å². The molecule has 1 heterocycles. The van der Waals surface area contributed by atoms with E-state index < -0.39 is 5.79 Å². The number of hydrogen-bond donors (Lipinski definition) is 1. The van der Waals surface area contributed by atoms with Gasteiger partial charge in [0.2, 0.25) is 0 Å². The van der Waals surface area contributed by atoms with E-state index >= 15 is 0 Å². The Labute approximate surface area is 89.9 Å². The zero-order valence-electron chi connectivity index (χ0n) is 9.49. The number of esters is 1. The highest BCUT2D eigenvalue weighted by Gasteiger charge is 2.37. The Hall–Kier alpha value is -0.650. The molecule has 2 unspecified atom stereocenters. The van der Waals surface area contributed by atoms with Crippen molar-refractivity contribution in [3.8, 4) is 0 Å². The summed E-state index contributed by atoms with van der Waals surface area (Å²) in [6.45, 7) is 4.56. The second-order valence-corrected chi connectivity index (χ2v) is 4.14. The molecule has 1 fully saturated rings. The minimum Gasteiger partial charge on any atom is -0.469 e. The summed E-state index contributed by atoms with van der Waals surface area (Å²) in [6, 6.07) is 0. The van der Waals surface area contributed by atoms with E-state index in [2.05, 4.69) is 4.74 Å². The van der Waals surface area contributed by atoms with Crippen LogP contribution in [0.4, 0.5) is 0 Å². The van der Waals surface area contributed by atoms with Gasteiger partial charge in [-0.15, -0.1) is 0 Å². The van der Waals surface area contributed by atoms with Crippen LogP contribution in [0.3, 0.4) is 0 Å². The number of carbonyl (C=O) groups excluding carboxylic acids is 1. The number of hydrogen-bond acceptors (Lipinski definition) is 5. The van der Waals surface area contributed by atoms with Gasteiger partial charge < -0.3 is 19.9 Å². The fourth-order valence-corrected chi connectivity index (χ4v) is 1.61. The molecule has 0 aromatic carbocycles. The van der Waals surface area contributed by atoms with Crippen molar-refractivity contribution in [1.82, 2.24) is 0 Å². The molecule has 1 saturated heterocycles. The van der Waals surface area contributed by atoms with Crippen LogP contribution in [0.1, 0.15) is 20.3 Å². The summed E-state index contributed by atoms with van der Waals surface area (Å²) < 4.78 is 15.7. The highest BCUT2D eigenvalue weighted by atomic mass is 16.7. The van der Waals surface area contributed by atoms with Crippen molar-refractivity contribution < 1.29 is 19.0 Å². The molecule has 5 nitrogen and oxygen atoms in total. The lowest BCUT2D eigenvalue weighted by molar-refractivity contribution is -0.151. The molecule has 0 bridgehead atoms. The van der Waals surface area contributed by atoms with Gasteiger partial charge in [0.15, 0.2) is 5.79 Å². The Morgan fingerprint density at radius 1 is 1.67 bits per heavy atom. The van der Waals surface area contributed by atoms with Crippen LogP contribution in [-0.4, -0.2) is 38.1 Å². The lowest BCUT2D eigenvalue weighted by atomic mass is 9.99. The number of methoxy groups -OCH3 is 1. The Balaban J connectivity index is 2.49. The average Bonchev–Trinajstić information content (AvgIpc) is 2.54. The number of ether oxygens (including phenoxy) is 3. The first-order chi connectivity index (χ1) is 6.98. The van der Waals surface area contributed by atoms with Gasteiger partial charge in [0.05, 0.1) is 26.2 Å². The van der Waals surface area contributed by atoms with Crippen LogP contribution in [-0.2, 0) is 19.0 Å². The van der Waals surface area contributed by atoms with E-state index in [1.807, 2.05) is 13.8 Å². The van der Waals surface area contributed by atoms with Gasteiger partial charge in [0.1, 0.15) is 0 Å². The van der Waals surface area contributed by atoms with E-state index in [9.17, 15) is 4.79 Å². The van der Waals surface area contributed by atoms with Crippen LogP contribution < -0.4 is 5.73 Å². The van der Waals surface area contributed by atoms with Gasteiger partial charge in [-0.25, -0.2) is 0 Å². The minimum atomic E-state index is -0.575. The Morgan fingerprint density at radius 2 is 2.33 bits per heavy atom. The van der Waals surface area contributed by atoms with Crippen LogP contribution in [0.5, 0.6) is 0 Å². The van der Waals surface area contributed by atoms with E-state index in [4.69, 9.17) is 15.2 Å². The molecule has 0 spiro atoms. The van der Waals surface area contributed by atoms with Crippen molar-refractivity contribution in [1.29, 1.82) is 0 Å². The molecule has 15 heavy (non-hydrogen) atoms. The molecule has 0 radical (unpaired) electrons. The largest absolute Gasteiger partial charge is 0.469 e. The topological polar surface area (TPSA) is 70.8 Å². The van der Waals surface area contributed by atoms with E-state index in [1.165, 1.54) is 7.11 Å². The van der Waals surface area contributed by atoms with Crippen LogP contribution in [0.15, 0.2) is 0 Å². The highest BCUT2D eigenvalue weighted by molar-refractivity contribution is 5.69. The van der Waals surface area contributed by atoms with E-state index in [-0.39, 0.29) is 24.4 Å². The maximum absolute atomic E-state index is 11.1. The number of rotatable bonds is 4. The third kappa shape index (κ3) is 3.44. The number of carbonyl (C=O) groups is 1. The van der Waals surface area contributed by atoms with Gasteiger partial charge in [0.25, 0.3) is 0 Å². The summed E-state index contributed by atoms with van der Waals surface area (Å²) in [5.74, 6) is -0.883. The van der Waals surface area contributed by atoms with Gasteiger partial charge in [-0.1, -0.05) is 0 Å². The second kappa shape index (κ2) is 4.92. The predicted molar refractivity (Wildman–Crippen MR) is 54.1 cm³/mol. The van der Waals surface area contributed by atoms with Crippen LogP contribution in [0.2, 0.25) is 0 Å². The Morgan fingerprint density at radius 3 is 2.73 bits per heavy atom. The zero-order valence-corrected chi connectivity index (χ0v) is 9.49. The standard InChI is InChI=1S/C10H19NO4/c1-10(2)14-6-8(15-10)7(5-11)4-9(12)13-3/h7-8H,4-6,11H2,1-3H3. The minimum absolute atomic E-state index is 0.0424. The molecule has 0 amide bonds. The Bertz CT molecular complexity index is 229.